The van der Waals surface area contributed by atoms with Crippen LogP contribution in [-0.2, 0) is 19.1 Å². The number of alkyl halides is 6. The summed E-state index contributed by atoms with van der Waals surface area (Å²) in [6.45, 7) is 6.15. The Morgan fingerprint density at radius 1 is 0.808 bits per heavy atom. The summed E-state index contributed by atoms with van der Waals surface area (Å²) < 4.78 is 84.4. The van der Waals surface area contributed by atoms with Crippen molar-refractivity contribution in [3.63, 3.8) is 0 Å². The zero-order valence-electron chi connectivity index (χ0n) is 15.0. The maximum atomic E-state index is 12.6. The SMILES string of the molecule is CCC(C)(C)C(=O)OCC(C)(C)COC(=O)C(O)(C(F)(F)F)C(F)(F)F. The predicted molar refractivity (Wildman–Crippen MR) is 76.8 cm³/mol. The van der Waals surface area contributed by atoms with Crippen LogP contribution in [0.2, 0.25) is 0 Å². The molecule has 0 aromatic rings. The van der Waals surface area contributed by atoms with E-state index in [0.717, 1.165) is 0 Å². The molecule has 0 amide bonds. The Labute approximate surface area is 146 Å². The second kappa shape index (κ2) is 7.61. The van der Waals surface area contributed by atoms with Gasteiger partial charge in [0.05, 0.1) is 18.6 Å². The molecule has 0 fully saturated rings. The van der Waals surface area contributed by atoms with E-state index in [9.17, 15) is 35.9 Å². The number of carbonyl (C=O) groups excluding carboxylic acids is 2. The van der Waals surface area contributed by atoms with Crippen LogP contribution in [0.4, 0.5) is 26.3 Å². The molecule has 154 valence electrons. The van der Waals surface area contributed by atoms with Gasteiger partial charge in [-0.1, -0.05) is 20.8 Å². The van der Waals surface area contributed by atoms with Crippen molar-refractivity contribution in [1.29, 1.82) is 0 Å². The Morgan fingerprint density at radius 3 is 1.46 bits per heavy atom. The summed E-state index contributed by atoms with van der Waals surface area (Å²) in [5.74, 6) is -3.52. The Balaban J connectivity index is 5.05. The van der Waals surface area contributed by atoms with Crippen molar-refractivity contribution in [2.24, 2.45) is 10.8 Å². The van der Waals surface area contributed by atoms with E-state index in [4.69, 9.17) is 9.84 Å². The highest BCUT2D eigenvalue weighted by Crippen LogP contribution is 2.44. The molecule has 5 nitrogen and oxygen atoms in total. The number of esters is 2. The summed E-state index contributed by atoms with van der Waals surface area (Å²) in [6.07, 6.45) is -12.2. The first-order chi connectivity index (χ1) is 11.3. The van der Waals surface area contributed by atoms with Gasteiger partial charge in [0, 0.05) is 5.41 Å². The van der Waals surface area contributed by atoms with E-state index in [1.54, 1.807) is 20.8 Å². The van der Waals surface area contributed by atoms with Crippen molar-refractivity contribution in [1.82, 2.24) is 0 Å². The van der Waals surface area contributed by atoms with Gasteiger partial charge in [-0.25, -0.2) is 4.79 Å². The first-order valence-corrected chi connectivity index (χ1v) is 7.52. The quantitative estimate of drug-likeness (QED) is 0.528. The van der Waals surface area contributed by atoms with Crippen LogP contribution in [-0.4, -0.2) is 48.2 Å². The summed E-state index contributed by atoms with van der Waals surface area (Å²) in [7, 11) is 0. The Hall–Kier alpha value is -1.52. The van der Waals surface area contributed by atoms with E-state index in [2.05, 4.69) is 4.74 Å². The molecule has 0 spiro atoms. The summed E-state index contributed by atoms with van der Waals surface area (Å²) in [5.41, 5.74) is -7.76. The van der Waals surface area contributed by atoms with Crippen molar-refractivity contribution in [3.05, 3.63) is 0 Å². The smallest absolute Gasteiger partial charge is 0.437 e. The molecule has 26 heavy (non-hydrogen) atoms. The van der Waals surface area contributed by atoms with Gasteiger partial charge >= 0.3 is 29.9 Å². The van der Waals surface area contributed by atoms with Gasteiger partial charge in [-0.3, -0.25) is 4.79 Å². The average molecular weight is 396 g/mol. The number of rotatable bonds is 7. The minimum atomic E-state index is -6.32. The fourth-order valence-electron chi connectivity index (χ4n) is 1.40. The van der Waals surface area contributed by atoms with Gasteiger partial charge in [0.1, 0.15) is 0 Å². The van der Waals surface area contributed by atoms with Gasteiger partial charge in [-0.05, 0) is 20.3 Å². The Kier molecular flexibility index (Phi) is 7.17. The van der Waals surface area contributed by atoms with Crippen LogP contribution in [0.3, 0.4) is 0 Å². The third-order valence-electron chi connectivity index (χ3n) is 3.74. The largest absolute Gasteiger partial charge is 0.465 e. The standard InChI is InChI=1S/C15H22F6O5/c1-6-12(4,5)9(22)25-7-11(2,3)8-26-10(23)13(24,14(16,17)18)15(19,20)21/h24H,6-8H2,1-5H3. The summed E-state index contributed by atoms with van der Waals surface area (Å²) in [6, 6.07) is 0. The van der Waals surface area contributed by atoms with Crippen molar-refractivity contribution >= 4 is 11.9 Å². The third-order valence-corrected chi connectivity index (χ3v) is 3.74. The van der Waals surface area contributed by atoms with Crippen LogP contribution in [0.1, 0.15) is 41.0 Å². The van der Waals surface area contributed by atoms with Gasteiger partial charge in [0.25, 0.3) is 0 Å². The molecule has 0 saturated heterocycles. The number of halogens is 6. The van der Waals surface area contributed by atoms with Crippen LogP contribution >= 0.6 is 0 Å². The van der Waals surface area contributed by atoms with Crippen LogP contribution in [0, 0.1) is 10.8 Å². The molecule has 1 N–H and O–H groups in total. The maximum absolute atomic E-state index is 12.6. The van der Waals surface area contributed by atoms with Gasteiger partial charge < -0.3 is 14.6 Å². The lowest BCUT2D eigenvalue weighted by atomic mass is 9.90. The van der Waals surface area contributed by atoms with Crippen LogP contribution in [0.15, 0.2) is 0 Å². The molecule has 0 radical (unpaired) electrons. The number of carbonyl (C=O) groups is 2. The Morgan fingerprint density at radius 2 is 1.15 bits per heavy atom. The van der Waals surface area contributed by atoms with E-state index < -0.39 is 53.9 Å². The van der Waals surface area contributed by atoms with Gasteiger partial charge in [-0.15, -0.1) is 0 Å². The normalized spacial score (nSPS) is 14.2. The molecule has 0 aromatic heterocycles. The Bertz CT molecular complexity index is 508. The van der Waals surface area contributed by atoms with Gasteiger partial charge in [0.15, 0.2) is 0 Å². The van der Waals surface area contributed by atoms with Crippen LogP contribution < -0.4 is 0 Å². The fourth-order valence-corrected chi connectivity index (χ4v) is 1.40. The third kappa shape index (κ3) is 5.49. The predicted octanol–water partition coefficient (Wildman–Crippen LogP) is 3.39. The number of hydrogen-bond donors (Lipinski definition) is 1. The highest BCUT2D eigenvalue weighted by Gasteiger charge is 2.76. The summed E-state index contributed by atoms with van der Waals surface area (Å²) in [5, 5.41) is 8.90. The van der Waals surface area contributed by atoms with Gasteiger partial charge in [0.2, 0.25) is 0 Å². The molecule has 0 rings (SSSR count). The van der Waals surface area contributed by atoms with Crippen molar-refractivity contribution in [2.75, 3.05) is 13.2 Å². The number of aliphatic hydroxyl groups is 1. The molecule has 11 heteroatoms. The molecular weight excluding hydrogens is 374 g/mol. The fraction of sp³-hybridized carbons (Fsp3) is 0.867. The average Bonchev–Trinajstić information content (AvgIpc) is 2.47. The van der Waals surface area contributed by atoms with E-state index in [-0.39, 0.29) is 0 Å². The molecule has 0 aliphatic rings. The zero-order chi connectivity index (χ0) is 21.2. The first kappa shape index (κ1) is 24.5. The topological polar surface area (TPSA) is 72.8 Å². The van der Waals surface area contributed by atoms with Gasteiger partial charge in [-0.2, -0.15) is 26.3 Å². The molecule has 0 aliphatic carbocycles. The van der Waals surface area contributed by atoms with Crippen LogP contribution in [0.5, 0.6) is 0 Å². The highest BCUT2D eigenvalue weighted by molar-refractivity contribution is 5.81. The molecule has 0 aliphatic heterocycles. The van der Waals surface area contributed by atoms with Crippen molar-refractivity contribution < 1.29 is 50.5 Å². The monoisotopic (exact) mass is 396 g/mol. The minimum Gasteiger partial charge on any atom is -0.465 e. The minimum absolute atomic E-state index is 0.418. The lowest BCUT2D eigenvalue weighted by molar-refractivity contribution is -0.357. The summed E-state index contributed by atoms with van der Waals surface area (Å²) in [4.78, 5) is 23.2. The van der Waals surface area contributed by atoms with E-state index in [1.807, 2.05) is 0 Å². The van der Waals surface area contributed by atoms with E-state index in [0.29, 0.717) is 6.42 Å². The second-order valence-corrected chi connectivity index (χ2v) is 7.26. The molecule has 0 saturated carbocycles. The molecule has 0 heterocycles. The molecule has 0 atom stereocenters. The van der Waals surface area contributed by atoms with E-state index >= 15 is 0 Å². The number of ether oxygens (including phenoxy) is 2. The molecule has 0 bridgehead atoms. The summed E-state index contributed by atoms with van der Waals surface area (Å²) >= 11 is 0. The highest BCUT2D eigenvalue weighted by atomic mass is 19.4. The molecule has 0 aromatic carbocycles. The molecular formula is C15H22F6O5. The molecule has 0 unspecified atom stereocenters. The zero-order valence-corrected chi connectivity index (χ0v) is 15.0. The number of hydrogen-bond acceptors (Lipinski definition) is 5. The first-order valence-electron chi connectivity index (χ1n) is 7.52. The van der Waals surface area contributed by atoms with Crippen LogP contribution in [0.25, 0.3) is 0 Å². The van der Waals surface area contributed by atoms with Crippen molar-refractivity contribution in [2.45, 2.75) is 59.0 Å². The second-order valence-electron chi connectivity index (χ2n) is 7.26. The maximum Gasteiger partial charge on any atom is 0.437 e. The van der Waals surface area contributed by atoms with E-state index in [1.165, 1.54) is 13.8 Å². The lowest BCUT2D eigenvalue weighted by Gasteiger charge is -2.32. The lowest BCUT2D eigenvalue weighted by Crippen LogP contribution is -2.63. The van der Waals surface area contributed by atoms with Crippen molar-refractivity contribution in [3.8, 4) is 0 Å².